The molecule has 1 atom stereocenters. The molecule has 0 saturated carbocycles. The first-order valence-electron chi connectivity index (χ1n) is 11.2. The van der Waals surface area contributed by atoms with Crippen molar-refractivity contribution in [3.63, 3.8) is 0 Å². The largest absolute Gasteiger partial charge is 0.507 e. The van der Waals surface area contributed by atoms with Crippen molar-refractivity contribution >= 4 is 11.6 Å². The lowest BCUT2D eigenvalue weighted by molar-refractivity contribution is -0.121. The molecule has 0 aliphatic carbocycles. The summed E-state index contributed by atoms with van der Waals surface area (Å²) in [5, 5.41) is 13.5. The van der Waals surface area contributed by atoms with Crippen molar-refractivity contribution in [2.24, 2.45) is 5.92 Å². The summed E-state index contributed by atoms with van der Waals surface area (Å²) in [5.74, 6) is 1.57. The van der Waals surface area contributed by atoms with Crippen LogP contribution in [0.25, 0.3) is 11.1 Å². The van der Waals surface area contributed by atoms with Crippen LogP contribution in [0.5, 0.6) is 17.2 Å². The lowest BCUT2D eigenvalue weighted by atomic mass is 9.95. The standard InChI is InChI=1S/C27H30N2O4/c1-32-21-14-12-19(13-15-21)22-8-3-4-9-24(22)28-27(31)20-7-6-16-29(17-20)18-23-25(30)10-5-11-26(23)33-2/h3-5,8-15,20,30H,6-7,16-18H2,1-2H3,(H,28,31). The van der Waals surface area contributed by atoms with E-state index in [2.05, 4.69) is 10.2 Å². The molecule has 0 aromatic heterocycles. The average molecular weight is 447 g/mol. The molecule has 172 valence electrons. The van der Waals surface area contributed by atoms with Gasteiger partial charge in [0.05, 0.1) is 20.1 Å². The van der Waals surface area contributed by atoms with Crippen LogP contribution < -0.4 is 14.8 Å². The van der Waals surface area contributed by atoms with Crippen molar-refractivity contribution in [1.29, 1.82) is 0 Å². The number of anilines is 1. The Labute approximate surface area is 194 Å². The van der Waals surface area contributed by atoms with E-state index >= 15 is 0 Å². The number of benzene rings is 3. The monoisotopic (exact) mass is 446 g/mol. The number of likely N-dealkylation sites (tertiary alicyclic amines) is 1. The lowest BCUT2D eigenvalue weighted by Gasteiger charge is -2.32. The minimum Gasteiger partial charge on any atom is -0.507 e. The number of phenolic OH excluding ortho intramolecular Hbond substituents is 1. The van der Waals surface area contributed by atoms with Crippen LogP contribution in [0.1, 0.15) is 18.4 Å². The Morgan fingerprint density at radius 2 is 1.82 bits per heavy atom. The SMILES string of the molecule is COc1ccc(-c2ccccc2NC(=O)C2CCCN(Cc3c(O)cccc3OC)C2)cc1. The van der Waals surface area contributed by atoms with Gasteiger partial charge in [0.1, 0.15) is 17.2 Å². The van der Waals surface area contributed by atoms with Gasteiger partial charge in [0.25, 0.3) is 0 Å². The van der Waals surface area contributed by atoms with Gasteiger partial charge in [-0.3, -0.25) is 9.69 Å². The van der Waals surface area contributed by atoms with Gasteiger partial charge in [-0.05, 0) is 55.3 Å². The Bertz CT molecular complexity index is 1100. The predicted octanol–water partition coefficient (Wildman–Crippen LogP) is 4.93. The second-order valence-corrected chi connectivity index (χ2v) is 8.30. The van der Waals surface area contributed by atoms with E-state index in [-0.39, 0.29) is 17.6 Å². The van der Waals surface area contributed by atoms with E-state index < -0.39 is 0 Å². The number of piperidine rings is 1. The molecule has 1 saturated heterocycles. The Balaban J connectivity index is 1.46. The summed E-state index contributed by atoms with van der Waals surface area (Å²) in [7, 11) is 3.25. The number of carbonyl (C=O) groups excluding carboxylic acids is 1. The van der Waals surface area contributed by atoms with Crippen LogP contribution in [0.3, 0.4) is 0 Å². The maximum Gasteiger partial charge on any atom is 0.228 e. The normalized spacial score (nSPS) is 16.2. The Kier molecular flexibility index (Phi) is 7.15. The van der Waals surface area contributed by atoms with Crippen molar-refractivity contribution in [2.45, 2.75) is 19.4 Å². The molecule has 1 unspecified atom stereocenters. The first kappa shape index (κ1) is 22.7. The Morgan fingerprint density at radius 3 is 2.58 bits per heavy atom. The maximum absolute atomic E-state index is 13.2. The summed E-state index contributed by atoms with van der Waals surface area (Å²) in [6.07, 6.45) is 1.76. The highest BCUT2D eigenvalue weighted by Gasteiger charge is 2.27. The van der Waals surface area contributed by atoms with E-state index in [1.807, 2.05) is 54.6 Å². The molecule has 1 aliphatic heterocycles. The van der Waals surface area contributed by atoms with Gasteiger partial charge < -0.3 is 19.9 Å². The van der Waals surface area contributed by atoms with E-state index in [9.17, 15) is 9.90 Å². The second-order valence-electron chi connectivity index (χ2n) is 8.30. The molecule has 6 nitrogen and oxygen atoms in total. The summed E-state index contributed by atoms with van der Waals surface area (Å²) in [4.78, 5) is 15.4. The number of hydrogen-bond acceptors (Lipinski definition) is 5. The van der Waals surface area contributed by atoms with Crippen LogP contribution in [-0.4, -0.2) is 43.2 Å². The van der Waals surface area contributed by atoms with Gasteiger partial charge in [-0.15, -0.1) is 0 Å². The van der Waals surface area contributed by atoms with Gasteiger partial charge in [-0.25, -0.2) is 0 Å². The zero-order chi connectivity index (χ0) is 23.2. The van der Waals surface area contributed by atoms with Crippen LogP contribution in [-0.2, 0) is 11.3 Å². The summed E-state index contributed by atoms with van der Waals surface area (Å²) in [5.41, 5.74) is 3.54. The van der Waals surface area contributed by atoms with E-state index in [0.29, 0.717) is 18.8 Å². The number of hydrogen-bond donors (Lipinski definition) is 2. The van der Waals surface area contributed by atoms with Crippen molar-refractivity contribution in [2.75, 3.05) is 32.6 Å². The fourth-order valence-electron chi connectivity index (χ4n) is 4.39. The first-order valence-corrected chi connectivity index (χ1v) is 11.2. The van der Waals surface area contributed by atoms with E-state index in [1.165, 1.54) is 0 Å². The van der Waals surface area contributed by atoms with Gasteiger partial charge in [-0.2, -0.15) is 0 Å². The third-order valence-corrected chi connectivity index (χ3v) is 6.17. The first-order chi connectivity index (χ1) is 16.1. The quantitative estimate of drug-likeness (QED) is 0.539. The number of phenols is 1. The highest BCUT2D eigenvalue weighted by Crippen LogP contribution is 2.32. The van der Waals surface area contributed by atoms with Gasteiger partial charge >= 0.3 is 0 Å². The number of rotatable bonds is 7. The molecule has 0 radical (unpaired) electrons. The summed E-state index contributed by atoms with van der Waals surface area (Å²) in [6, 6.07) is 20.9. The highest BCUT2D eigenvalue weighted by atomic mass is 16.5. The molecule has 1 amide bonds. The molecule has 1 aliphatic rings. The van der Waals surface area contributed by atoms with Crippen LogP contribution in [0.15, 0.2) is 66.7 Å². The zero-order valence-electron chi connectivity index (χ0n) is 19.1. The van der Waals surface area contributed by atoms with Crippen LogP contribution >= 0.6 is 0 Å². The molecule has 4 rings (SSSR count). The molecule has 0 spiro atoms. The van der Waals surface area contributed by atoms with Gasteiger partial charge in [0.2, 0.25) is 5.91 Å². The van der Waals surface area contributed by atoms with Crippen LogP contribution in [0.4, 0.5) is 5.69 Å². The van der Waals surface area contributed by atoms with Gasteiger partial charge in [0.15, 0.2) is 0 Å². The van der Waals surface area contributed by atoms with Crippen molar-refractivity contribution < 1.29 is 19.4 Å². The van der Waals surface area contributed by atoms with E-state index in [4.69, 9.17) is 9.47 Å². The molecule has 1 heterocycles. The molecular weight excluding hydrogens is 416 g/mol. The minimum atomic E-state index is -0.125. The topological polar surface area (TPSA) is 71.0 Å². The average Bonchev–Trinajstić information content (AvgIpc) is 2.86. The number of amides is 1. The molecule has 2 N–H and O–H groups in total. The number of aromatic hydroxyl groups is 1. The number of nitrogens with zero attached hydrogens (tertiary/aromatic N) is 1. The summed E-state index contributed by atoms with van der Waals surface area (Å²) >= 11 is 0. The Hall–Kier alpha value is -3.51. The number of ether oxygens (including phenoxy) is 2. The fraction of sp³-hybridized carbons (Fsp3) is 0.296. The molecule has 33 heavy (non-hydrogen) atoms. The number of nitrogens with one attached hydrogen (secondary N) is 1. The smallest absolute Gasteiger partial charge is 0.228 e. The third-order valence-electron chi connectivity index (χ3n) is 6.17. The van der Waals surface area contributed by atoms with Gasteiger partial charge in [-0.1, -0.05) is 36.4 Å². The van der Waals surface area contributed by atoms with Crippen molar-refractivity contribution in [3.05, 3.63) is 72.3 Å². The molecule has 3 aromatic carbocycles. The molecular formula is C27H30N2O4. The summed E-state index contributed by atoms with van der Waals surface area (Å²) in [6.45, 7) is 2.06. The van der Waals surface area contributed by atoms with E-state index in [0.717, 1.165) is 47.5 Å². The highest BCUT2D eigenvalue weighted by molar-refractivity contribution is 5.97. The number of carbonyl (C=O) groups is 1. The lowest BCUT2D eigenvalue weighted by Crippen LogP contribution is -2.40. The predicted molar refractivity (Wildman–Crippen MR) is 130 cm³/mol. The van der Waals surface area contributed by atoms with E-state index in [1.54, 1.807) is 26.4 Å². The van der Waals surface area contributed by atoms with Crippen LogP contribution in [0.2, 0.25) is 0 Å². The van der Waals surface area contributed by atoms with Crippen LogP contribution in [0, 0.1) is 5.92 Å². The Morgan fingerprint density at radius 1 is 1.03 bits per heavy atom. The molecule has 1 fully saturated rings. The number of methoxy groups -OCH3 is 2. The second kappa shape index (κ2) is 10.4. The third kappa shape index (κ3) is 5.29. The number of para-hydroxylation sites is 1. The minimum absolute atomic E-state index is 0.0184. The van der Waals surface area contributed by atoms with Crippen molar-refractivity contribution in [3.8, 4) is 28.4 Å². The van der Waals surface area contributed by atoms with Crippen molar-refractivity contribution in [1.82, 2.24) is 4.90 Å². The van der Waals surface area contributed by atoms with Gasteiger partial charge in [0, 0.05) is 29.9 Å². The molecule has 6 heteroatoms. The molecule has 3 aromatic rings. The molecule has 0 bridgehead atoms. The fourth-order valence-corrected chi connectivity index (χ4v) is 4.39. The summed E-state index contributed by atoms with van der Waals surface area (Å²) < 4.78 is 10.7. The zero-order valence-corrected chi connectivity index (χ0v) is 19.1. The maximum atomic E-state index is 13.2.